The minimum absolute atomic E-state index is 0.0104. The van der Waals surface area contributed by atoms with Crippen LogP contribution in [-0.4, -0.2) is 21.2 Å². The number of Topliss-reactive ketones (excluding diaryl/α,β-unsaturated/α-hetero) is 1. The Morgan fingerprint density at radius 1 is 1.50 bits per heavy atom. The molecular formula is C11H10ClN3OS2. The predicted octanol–water partition coefficient (Wildman–Crippen LogP) is 3.14. The summed E-state index contributed by atoms with van der Waals surface area (Å²) in [7, 11) is 0. The van der Waals surface area contributed by atoms with Crippen molar-refractivity contribution in [2.45, 2.75) is 16.5 Å². The fourth-order valence-electron chi connectivity index (χ4n) is 1.35. The highest BCUT2D eigenvalue weighted by molar-refractivity contribution is 8.02. The number of hydrogen-bond acceptors (Lipinski definition) is 6. The molecule has 2 rings (SSSR count). The topological polar surface area (TPSA) is 68.9 Å². The van der Waals surface area contributed by atoms with E-state index >= 15 is 0 Å². The molecule has 7 heteroatoms. The largest absolute Gasteiger partial charge is 0.374 e. The van der Waals surface area contributed by atoms with Crippen LogP contribution in [0.25, 0.3) is 0 Å². The molecule has 0 aliphatic carbocycles. The maximum absolute atomic E-state index is 12.2. The molecule has 1 aromatic heterocycles. The van der Waals surface area contributed by atoms with Crippen LogP contribution in [-0.2, 0) is 0 Å². The normalized spacial score (nSPS) is 12.3. The van der Waals surface area contributed by atoms with Crippen molar-refractivity contribution in [1.29, 1.82) is 0 Å². The molecule has 2 aromatic rings. The van der Waals surface area contributed by atoms with E-state index in [1.807, 2.05) is 6.92 Å². The van der Waals surface area contributed by atoms with Crippen LogP contribution < -0.4 is 5.73 Å². The molecule has 0 aliphatic heterocycles. The van der Waals surface area contributed by atoms with Gasteiger partial charge in [0.05, 0.1) is 5.25 Å². The van der Waals surface area contributed by atoms with E-state index in [-0.39, 0.29) is 11.0 Å². The minimum Gasteiger partial charge on any atom is -0.374 e. The molecule has 1 heterocycles. The van der Waals surface area contributed by atoms with Gasteiger partial charge in [0.15, 0.2) is 10.1 Å². The summed E-state index contributed by atoms with van der Waals surface area (Å²) in [6.07, 6.45) is 0. The van der Waals surface area contributed by atoms with Crippen molar-refractivity contribution in [3.8, 4) is 0 Å². The van der Waals surface area contributed by atoms with Crippen molar-refractivity contribution >= 4 is 45.6 Å². The van der Waals surface area contributed by atoms with Crippen LogP contribution in [0, 0.1) is 0 Å². The fourth-order valence-corrected chi connectivity index (χ4v) is 3.40. The Morgan fingerprint density at radius 3 is 2.89 bits per heavy atom. The molecule has 0 amide bonds. The smallest absolute Gasteiger partial charge is 0.203 e. The summed E-state index contributed by atoms with van der Waals surface area (Å²) >= 11 is 8.48. The van der Waals surface area contributed by atoms with Gasteiger partial charge >= 0.3 is 0 Å². The summed E-state index contributed by atoms with van der Waals surface area (Å²) in [5, 5.41) is 8.29. The SMILES string of the molecule is C[C@@H](Sc1nnc(N)s1)C(=O)c1cccc(Cl)c1. The van der Waals surface area contributed by atoms with E-state index in [1.54, 1.807) is 24.3 Å². The van der Waals surface area contributed by atoms with Crippen molar-refractivity contribution in [3.63, 3.8) is 0 Å². The van der Waals surface area contributed by atoms with Gasteiger partial charge in [0.2, 0.25) is 5.13 Å². The van der Waals surface area contributed by atoms with E-state index in [1.165, 1.54) is 23.1 Å². The highest BCUT2D eigenvalue weighted by Crippen LogP contribution is 2.29. The number of nitrogens with zero attached hydrogens (tertiary/aromatic N) is 2. The highest BCUT2D eigenvalue weighted by Gasteiger charge is 2.18. The molecule has 18 heavy (non-hydrogen) atoms. The number of carbonyl (C=O) groups excluding carboxylic acids is 1. The zero-order chi connectivity index (χ0) is 13.1. The van der Waals surface area contributed by atoms with E-state index in [4.69, 9.17) is 17.3 Å². The Labute approximate surface area is 118 Å². The lowest BCUT2D eigenvalue weighted by Gasteiger charge is -2.07. The monoisotopic (exact) mass is 299 g/mol. The maximum Gasteiger partial charge on any atom is 0.203 e. The molecule has 0 aliphatic rings. The van der Waals surface area contributed by atoms with E-state index in [2.05, 4.69) is 10.2 Å². The van der Waals surface area contributed by atoms with E-state index in [0.29, 0.717) is 20.1 Å². The summed E-state index contributed by atoms with van der Waals surface area (Å²) in [5.74, 6) is 0.0104. The number of aromatic nitrogens is 2. The van der Waals surface area contributed by atoms with Gasteiger partial charge in [0, 0.05) is 10.6 Å². The number of nitrogen functional groups attached to an aromatic ring is 1. The second-order valence-electron chi connectivity index (χ2n) is 3.54. The average Bonchev–Trinajstić information content (AvgIpc) is 2.73. The summed E-state index contributed by atoms with van der Waals surface area (Å²) in [6.45, 7) is 1.82. The van der Waals surface area contributed by atoms with Gasteiger partial charge in [0.25, 0.3) is 0 Å². The number of hydrogen-bond donors (Lipinski definition) is 1. The zero-order valence-electron chi connectivity index (χ0n) is 9.46. The molecule has 1 aromatic carbocycles. The first-order valence-electron chi connectivity index (χ1n) is 5.11. The first kappa shape index (κ1) is 13.3. The Balaban J connectivity index is 2.09. The lowest BCUT2D eigenvalue weighted by Crippen LogP contribution is -2.13. The molecule has 4 nitrogen and oxygen atoms in total. The van der Waals surface area contributed by atoms with Crippen molar-refractivity contribution in [2.24, 2.45) is 0 Å². The molecule has 94 valence electrons. The molecule has 0 spiro atoms. The van der Waals surface area contributed by atoms with Gasteiger partial charge in [-0.15, -0.1) is 10.2 Å². The molecular weight excluding hydrogens is 290 g/mol. The van der Waals surface area contributed by atoms with Gasteiger partial charge in [-0.05, 0) is 19.1 Å². The number of benzene rings is 1. The summed E-state index contributed by atoms with van der Waals surface area (Å²) < 4.78 is 0.690. The summed E-state index contributed by atoms with van der Waals surface area (Å²) in [6, 6.07) is 6.91. The lowest BCUT2D eigenvalue weighted by atomic mass is 10.1. The van der Waals surface area contributed by atoms with E-state index in [9.17, 15) is 4.79 Å². The van der Waals surface area contributed by atoms with Gasteiger partial charge in [-0.25, -0.2) is 0 Å². The van der Waals surface area contributed by atoms with Gasteiger partial charge in [-0.2, -0.15) is 0 Å². The van der Waals surface area contributed by atoms with Crippen molar-refractivity contribution in [1.82, 2.24) is 10.2 Å². The van der Waals surface area contributed by atoms with Gasteiger partial charge in [-0.3, -0.25) is 4.79 Å². The van der Waals surface area contributed by atoms with Crippen molar-refractivity contribution < 1.29 is 4.79 Å². The quantitative estimate of drug-likeness (QED) is 0.694. The number of halogens is 1. The van der Waals surface area contributed by atoms with E-state index in [0.717, 1.165) is 0 Å². The van der Waals surface area contributed by atoms with Crippen LogP contribution in [0.15, 0.2) is 28.6 Å². The predicted molar refractivity (Wildman–Crippen MR) is 75.4 cm³/mol. The zero-order valence-corrected chi connectivity index (χ0v) is 11.9. The number of rotatable bonds is 4. The second kappa shape index (κ2) is 5.69. The highest BCUT2D eigenvalue weighted by atomic mass is 35.5. The lowest BCUT2D eigenvalue weighted by molar-refractivity contribution is 0.0994. The minimum atomic E-state index is -0.254. The molecule has 0 unspecified atom stereocenters. The van der Waals surface area contributed by atoms with Crippen LogP contribution in [0.5, 0.6) is 0 Å². The fraction of sp³-hybridized carbons (Fsp3) is 0.182. The Bertz CT molecular complexity index is 573. The van der Waals surface area contributed by atoms with Crippen molar-refractivity contribution in [3.05, 3.63) is 34.9 Å². The van der Waals surface area contributed by atoms with Crippen LogP contribution in [0.4, 0.5) is 5.13 Å². The summed E-state index contributed by atoms with van der Waals surface area (Å²) in [5.41, 5.74) is 6.09. The van der Waals surface area contributed by atoms with Crippen LogP contribution in [0.3, 0.4) is 0 Å². The molecule has 0 radical (unpaired) electrons. The molecule has 0 bridgehead atoms. The molecule has 0 saturated heterocycles. The van der Waals surface area contributed by atoms with Gasteiger partial charge < -0.3 is 5.73 Å². The first-order valence-corrected chi connectivity index (χ1v) is 7.19. The number of anilines is 1. The molecule has 0 saturated carbocycles. The third-order valence-corrected chi connectivity index (χ3v) is 4.35. The van der Waals surface area contributed by atoms with E-state index < -0.39 is 0 Å². The first-order chi connectivity index (χ1) is 8.56. The molecule has 1 atom stereocenters. The maximum atomic E-state index is 12.2. The Hall–Kier alpha value is -1.11. The third kappa shape index (κ3) is 3.22. The van der Waals surface area contributed by atoms with Gasteiger partial charge in [-0.1, -0.05) is 46.8 Å². The van der Waals surface area contributed by atoms with Crippen LogP contribution in [0.2, 0.25) is 5.02 Å². The third-order valence-electron chi connectivity index (χ3n) is 2.18. The number of ketones is 1. The van der Waals surface area contributed by atoms with Gasteiger partial charge in [0.1, 0.15) is 0 Å². The molecule has 2 N–H and O–H groups in total. The van der Waals surface area contributed by atoms with Crippen LogP contribution in [0.1, 0.15) is 17.3 Å². The number of carbonyl (C=O) groups is 1. The van der Waals surface area contributed by atoms with Crippen molar-refractivity contribution in [2.75, 3.05) is 5.73 Å². The molecule has 0 fully saturated rings. The number of thioether (sulfide) groups is 1. The average molecular weight is 300 g/mol. The Morgan fingerprint density at radius 2 is 2.28 bits per heavy atom. The number of nitrogens with two attached hydrogens (primary N) is 1. The Kier molecular flexibility index (Phi) is 4.21. The summed E-state index contributed by atoms with van der Waals surface area (Å²) in [4.78, 5) is 12.2. The standard InChI is InChI=1S/C11H10ClN3OS2/c1-6(17-11-15-14-10(13)18-11)9(16)7-3-2-4-8(12)5-7/h2-6H,1H3,(H2,13,14)/t6-/m1/s1. The van der Waals surface area contributed by atoms with Crippen LogP contribution >= 0.6 is 34.7 Å². The second-order valence-corrected chi connectivity index (χ2v) is 6.57.